The molecule has 2 N–H and O–H groups in total. The van der Waals surface area contributed by atoms with Crippen LogP contribution in [0.2, 0.25) is 0 Å². The van der Waals surface area contributed by atoms with Crippen LogP contribution in [-0.2, 0) is 9.59 Å². The van der Waals surface area contributed by atoms with E-state index in [1.807, 2.05) is 13.8 Å². The van der Waals surface area contributed by atoms with Crippen molar-refractivity contribution < 1.29 is 9.59 Å². The second-order valence-electron chi connectivity index (χ2n) is 6.26. The standard InChI is InChI=1S/C16H26N2O2/c1-11(2)18-16(20)14-10-13(14)15(19)17-9-8-12-6-4-3-5-7-12/h6,11,13-14H,3-5,7-10H2,1-2H3,(H,17,19)(H,18,20). The summed E-state index contributed by atoms with van der Waals surface area (Å²) in [6, 6.07) is 0.144. The number of rotatable bonds is 6. The fourth-order valence-electron chi connectivity index (χ4n) is 2.78. The van der Waals surface area contributed by atoms with Crippen LogP contribution in [0.4, 0.5) is 0 Å². The van der Waals surface area contributed by atoms with Gasteiger partial charge in [0.25, 0.3) is 0 Å². The van der Waals surface area contributed by atoms with Crippen LogP contribution in [0.5, 0.6) is 0 Å². The molecule has 2 unspecified atom stereocenters. The smallest absolute Gasteiger partial charge is 0.224 e. The van der Waals surface area contributed by atoms with Crippen molar-refractivity contribution in [3.8, 4) is 0 Å². The van der Waals surface area contributed by atoms with E-state index in [0.29, 0.717) is 13.0 Å². The Labute approximate surface area is 121 Å². The molecule has 0 heterocycles. The average molecular weight is 278 g/mol. The molecule has 1 fully saturated rings. The van der Waals surface area contributed by atoms with Gasteiger partial charge in [-0.2, -0.15) is 0 Å². The summed E-state index contributed by atoms with van der Waals surface area (Å²) in [6.45, 7) is 4.58. The highest BCUT2D eigenvalue weighted by atomic mass is 16.2. The Morgan fingerprint density at radius 2 is 2.00 bits per heavy atom. The van der Waals surface area contributed by atoms with E-state index in [1.54, 1.807) is 0 Å². The minimum Gasteiger partial charge on any atom is -0.356 e. The van der Waals surface area contributed by atoms with Crippen molar-refractivity contribution in [2.75, 3.05) is 6.54 Å². The molecule has 2 amide bonds. The molecule has 1 saturated carbocycles. The van der Waals surface area contributed by atoms with E-state index in [-0.39, 0.29) is 29.7 Å². The molecule has 0 saturated heterocycles. The van der Waals surface area contributed by atoms with Crippen LogP contribution in [0.25, 0.3) is 0 Å². The highest BCUT2D eigenvalue weighted by molar-refractivity contribution is 5.92. The summed E-state index contributed by atoms with van der Waals surface area (Å²) in [4.78, 5) is 23.7. The molecule has 0 spiro atoms. The van der Waals surface area contributed by atoms with E-state index < -0.39 is 0 Å². The summed E-state index contributed by atoms with van der Waals surface area (Å²) in [5.41, 5.74) is 1.47. The van der Waals surface area contributed by atoms with Crippen LogP contribution in [0.15, 0.2) is 11.6 Å². The molecule has 2 atom stereocenters. The van der Waals surface area contributed by atoms with E-state index in [1.165, 1.54) is 31.3 Å². The number of carbonyl (C=O) groups excluding carboxylic acids is 2. The molecule has 4 nitrogen and oxygen atoms in total. The maximum atomic E-state index is 11.9. The lowest BCUT2D eigenvalue weighted by molar-refractivity contribution is -0.127. The first kappa shape index (κ1) is 15.1. The third-order valence-electron chi connectivity index (χ3n) is 4.03. The van der Waals surface area contributed by atoms with Gasteiger partial charge in [-0.15, -0.1) is 0 Å². The van der Waals surface area contributed by atoms with Crippen LogP contribution < -0.4 is 10.6 Å². The minimum absolute atomic E-state index is 0.0233. The second-order valence-corrected chi connectivity index (χ2v) is 6.26. The summed E-state index contributed by atoms with van der Waals surface area (Å²) < 4.78 is 0. The first-order valence-electron chi connectivity index (χ1n) is 7.84. The summed E-state index contributed by atoms with van der Waals surface area (Å²) in [5, 5.41) is 5.84. The highest BCUT2D eigenvalue weighted by Crippen LogP contribution is 2.38. The lowest BCUT2D eigenvalue weighted by Gasteiger charge is -2.13. The zero-order valence-electron chi connectivity index (χ0n) is 12.6. The van der Waals surface area contributed by atoms with Gasteiger partial charge in [0.05, 0.1) is 11.8 Å². The molecule has 0 aromatic rings. The molecular formula is C16H26N2O2. The van der Waals surface area contributed by atoms with Gasteiger partial charge >= 0.3 is 0 Å². The van der Waals surface area contributed by atoms with Crippen molar-refractivity contribution in [2.45, 2.75) is 58.4 Å². The lowest BCUT2D eigenvalue weighted by atomic mass is 9.97. The predicted molar refractivity (Wildman–Crippen MR) is 79.1 cm³/mol. The lowest BCUT2D eigenvalue weighted by Crippen LogP contribution is -2.34. The largest absolute Gasteiger partial charge is 0.356 e. The number of hydrogen-bond acceptors (Lipinski definition) is 2. The van der Waals surface area contributed by atoms with E-state index >= 15 is 0 Å². The molecule has 112 valence electrons. The van der Waals surface area contributed by atoms with Gasteiger partial charge in [0.2, 0.25) is 11.8 Å². The molecule has 2 aliphatic rings. The zero-order chi connectivity index (χ0) is 14.5. The fourth-order valence-corrected chi connectivity index (χ4v) is 2.78. The summed E-state index contributed by atoms with van der Waals surface area (Å²) >= 11 is 0. The molecule has 0 radical (unpaired) electrons. The van der Waals surface area contributed by atoms with Crippen molar-refractivity contribution in [3.63, 3.8) is 0 Å². The Balaban J connectivity index is 1.64. The fraction of sp³-hybridized carbons (Fsp3) is 0.750. The predicted octanol–water partition coefficient (Wildman–Crippen LogP) is 2.15. The van der Waals surface area contributed by atoms with E-state index in [9.17, 15) is 9.59 Å². The maximum absolute atomic E-state index is 11.9. The van der Waals surface area contributed by atoms with Gasteiger partial charge in [-0.25, -0.2) is 0 Å². The van der Waals surface area contributed by atoms with E-state index in [4.69, 9.17) is 0 Å². The van der Waals surface area contributed by atoms with Gasteiger partial charge in [-0.1, -0.05) is 11.6 Å². The van der Waals surface area contributed by atoms with Crippen LogP contribution >= 0.6 is 0 Å². The Morgan fingerprint density at radius 1 is 1.25 bits per heavy atom. The Bertz CT molecular complexity index is 401. The first-order chi connectivity index (χ1) is 9.58. The summed E-state index contributed by atoms with van der Waals surface area (Å²) in [5.74, 6) is -0.138. The maximum Gasteiger partial charge on any atom is 0.224 e. The minimum atomic E-state index is -0.105. The normalized spacial score (nSPS) is 25.1. The quantitative estimate of drug-likeness (QED) is 0.731. The second kappa shape index (κ2) is 6.91. The molecule has 0 aliphatic heterocycles. The van der Waals surface area contributed by atoms with Gasteiger partial charge < -0.3 is 10.6 Å². The van der Waals surface area contributed by atoms with Crippen LogP contribution in [0.3, 0.4) is 0 Å². The monoisotopic (exact) mass is 278 g/mol. The zero-order valence-corrected chi connectivity index (χ0v) is 12.6. The molecule has 2 aliphatic carbocycles. The molecule has 0 aromatic carbocycles. The number of carbonyl (C=O) groups is 2. The van der Waals surface area contributed by atoms with E-state index in [2.05, 4.69) is 16.7 Å². The average Bonchev–Trinajstić information content (AvgIpc) is 3.19. The third kappa shape index (κ3) is 4.36. The molecule has 0 aromatic heterocycles. The van der Waals surface area contributed by atoms with Gasteiger partial charge in [-0.3, -0.25) is 9.59 Å². The van der Waals surface area contributed by atoms with Crippen LogP contribution in [0, 0.1) is 11.8 Å². The topological polar surface area (TPSA) is 58.2 Å². The number of amides is 2. The molecule has 20 heavy (non-hydrogen) atoms. The van der Waals surface area contributed by atoms with Crippen molar-refractivity contribution in [3.05, 3.63) is 11.6 Å². The van der Waals surface area contributed by atoms with Crippen molar-refractivity contribution in [1.82, 2.24) is 10.6 Å². The number of hydrogen-bond donors (Lipinski definition) is 2. The third-order valence-corrected chi connectivity index (χ3v) is 4.03. The summed E-state index contributed by atoms with van der Waals surface area (Å²) in [7, 11) is 0. The first-order valence-corrected chi connectivity index (χ1v) is 7.84. The molecule has 4 heteroatoms. The van der Waals surface area contributed by atoms with Gasteiger partial charge in [0, 0.05) is 12.6 Å². The Hall–Kier alpha value is -1.32. The van der Waals surface area contributed by atoms with Crippen LogP contribution in [0.1, 0.15) is 52.4 Å². The van der Waals surface area contributed by atoms with Gasteiger partial charge in [0.15, 0.2) is 0 Å². The Kier molecular flexibility index (Phi) is 5.21. The van der Waals surface area contributed by atoms with Gasteiger partial charge in [-0.05, 0) is 52.4 Å². The van der Waals surface area contributed by atoms with Gasteiger partial charge in [0.1, 0.15) is 0 Å². The molecule has 0 bridgehead atoms. The number of allylic oxidation sites excluding steroid dienone is 1. The Morgan fingerprint density at radius 3 is 2.65 bits per heavy atom. The summed E-state index contributed by atoms with van der Waals surface area (Å²) in [6.07, 6.45) is 8.91. The van der Waals surface area contributed by atoms with Crippen molar-refractivity contribution >= 4 is 11.8 Å². The highest BCUT2D eigenvalue weighted by Gasteiger charge is 2.47. The van der Waals surface area contributed by atoms with Crippen molar-refractivity contribution in [1.29, 1.82) is 0 Å². The van der Waals surface area contributed by atoms with Crippen LogP contribution in [-0.4, -0.2) is 24.4 Å². The SMILES string of the molecule is CC(C)NC(=O)C1CC1C(=O)NCCC1=CCCCC1. The van der Waals surface area contributed by atoms with Crippen molar-refractivity contribution in [2.24, 2.45) is 11.8 Å². The van der Waals surface area contributed by atoms with E-state index in [0.717, 1.165) is 6.42 Å². The molecule has 2 rings (SSSR count). The number of nitrogens with one attached hydrogen (secondary N) is 2. The molecular weight excluding hydrogens is 252 g/mol.